The van der Waals surface area contributed by atoms with Crippen LogP contribution in [0.2, 0.25) is 0 Å². The second-order valence-corrected chi connectivity index (χ2v) is 4.65. The Balaban J connectivity index is 2.31. The number of Topliss-reactive ketones (excluding diaryl/α,β-unsaturated/α-hetero) is 1. The first-order chi connectivity index (χ1) is 9.49. The molecule has 0 saturated heterocycles. The Bertz CT molecular complexity index is 657. The number of hydrogen-bond acceptors (Lipinski definition) is 5. The maximum Gasteiger partial charge on any atom is 0.320 e. The van der Waals surface area contributed by atoms with E-state index in [1.165, 1.54) is 11.4 Å². The van der Waals surface area contributed by atoms with Gasteiger partial charge in [-0.3, -0.25) is 9.59 Å². The number of guanidine groups is 1. The van der Waals surface area contributed by atoms with Gasteiger partial charge in [0.05, 0.1) is 0 Å². The Hall–Kier alpha value is -2.68. The highest BCUT2D eigenvalue weighted by Crippen LogP contribution is 2.24. The first-order valence-corrected chi connectivity index (χ1v) is 6.32. The van der Waals surface area contributed by atoms with Crippen LogP contribution in [-0.4, -0.2) is 32.8 Å². The van der Waals surface area contributed by atoms with Gasteiger partial charge in [-0.15, -0.1) is 11.3 Å². The molecule has 6 N–H and O–H groups in total. The second kappa shape index (κ2) is 5.53. The molecule has 0 amide bonds. The number of aromatic nitrogens is 2. The third-order valence-corrected chi connectivity index (χ3v) is 3.15. The number of thiazole rings is 1. The van der Waals surface area contributed by atoms with Crippen molar-refractivity contribution in [2.75, 3.05) is 0 Å². The van der Waals surface area contributed by atoms with E-state index in [-0.39, 0.29) is 16.8 Å². The number of carbonyl (C=O) groups is 2. The van der Waals surface area contributed by atoms with Crippen LogP contribution in [0.25, 0.3) is 0 Å². The molecule has 8 nitrogen and oxygen atoms in total. The predicted molar refractivity (Wildman–Crippen MR) is 73.1 cm³/mol. The first kappa shape index (κ1) is 13.7. The van der Waals surface area contributed by atoms with Crippen LogP contribution >= 0.6 is 11.3 Å². The average Bonchev–Trinajstić information content (AvgIpc) is 2.99. The Morgan fingerprint density at radius 1 is 1.45 bits per heavy atom. The third-order valence-electron chi connectivity index (χ3n) is 2.41. The lowest BCUT2D eigenvalue weighted by Crippen LogP contribution is -2.23. The zero-order valence-corrected chi connectivity index (χ0v) is 10.9. The van der Waals surface area contributed by atoms with Crippen LogP contribution in [0.4, 0.5) is 5.13 Å². The lowest BCUT2D eigenvalue weighted by molar-refractivity contribution is -0.137. The van der Waals surface area contributed by atoms with Gasteiger partial charge in [-0.1, -0.05) is 0 Å². The largest absolute Gasteiger partial charge is 0.480 e. The second-order valence-electron chi connectivity index (χ2n) is 3.81. The molecule has 0 fully saturated rings. The number of aromatic amines is 1. The van der Waals surface area contributed by atoms with Crippen molar-refractivity contribution in [2.45, 2.75) is 5.92 Å². The Morgan fingerprint density at radius 3 is 2.75 bits per heavy atom. The summed E-state index contributed by atoms with van der Waals surface area (Å²) in [5.74, 6) is -3.40. The van der Waals surface area contributed by atoms with Crippen molar-refractivity contribution in [3.63, 3.8) is 0 Å². The number of hydrogen-bond donors (Lipinski definition) is 4. The number of nitrogens with two attached hydrogens (primary N) is 2. The van der Waals surface area contributed by atoms with Gasteiger partial charge in [-0.2, -0.15) is 4.99 Å². The van der Waals surface area contributed by atoms with E-state index < -0.39 is 17.7 Å². The van der Waals surface area contributed by atoms with Gasteiger partial charge in [-0.25, -0.2) is 4.98 Å². The fourth-order valence-electron chi connectivity index (χ4n) is 1.60. The van der Waals surface area contributed by atoms with E-state index in [9.17, 15) is 14.7 Å². The van der Waals surface area contributed by atoms with Gasteiger partial charge in [0, 0.05) is 17.3 Å². The van der Waals surface area contributed by atoms with E-state index in [1.807, 2.05) is 0 Å². The summed E-state index contributed by atoms with van der Waals surface area (Å²) >= 11 is 1.05. The standard InChI is InChI=1S/C11H11N5O3S/c12-10(13)16-11-15-6(4-20-11)8(17)7(9(18)19)5-2-1-3-14-5/h1-4,7,14H,(H,18,19)(H4,12,13,15,16). The lowest BCUT2D eigenvalue weighted by Gasteiger charge is -2.07. The van der Waals surface area contributed by atoms with E-state index in [0.717, 1.165) is 11.3 Å². The molecule has 0 aliphatic heterocycles. The molecule has 1 atom stereocenters. The molecule has 0 aromatic carbocycles. The van der Waals surface area contributed by atoms with Gasteiger partial charge in [0.15, 0.2) is 11.9 Å². The number of aliphatic carboxylic acids is 1. The van der Waals surface area contributed by atoms with E-state index in [1.54, 1.807) is 12.3 Å². The van der Waals surface area contributed by atoms with Gasteiger partial charge in [0.25, 0.3) is 0 Å². The number of nitrogens with zero attached hydrogens (tertiary/aromatic N) is 2. The fraction of sp³-hybridized carbons (Fsp3) is 0.0909. The molecule has 0 aliphatic rings. The summed E-state index contributed by atoms with van der Waals surface area (Å²) in [7, 11) is 0. The summed E-state index contributed by atoms with van der Waals surface area (Å²) < 4.78 is 0. The minimum absolute atomic E-state index is 0.0111. The number of carboxylic acids is 1. The third kappa shape index (κ3) is 2.83. The highest BCUT2D eigenvalue weighted by atomic mass is 32.1. The number of ketones is 1. The Kier molecular flexibility index (Phi) is 3.80. The van der Waals surface area contributed by atoms with Crippen LogP contribution in [0.5, 0.6) is 0 Å². The van der Waals surface area contributed by atoms with Crippen molar-refractivity contribution in [3.05, 3.63) is 35.1 Å². The first-order valence-electron chi connectivity index (χ1n) is 5.44. The molecule has 0 bridgehead atoms. The summed E-state index contributed by atoms with van der Waals surface area (Å²) in [6.07, 6.45) is 1.55. The molecular weight excluding hydrogens is 282 g/mol. The molecule has 0 spiro atoms. The summed E-state index contributed by atoms with van der Waals surface area (Å²) in [4.78, 5) is 33.8. The SMILES string of the molecule is NC(N)=Nc1nc(C(=O)C(C(=O)O)c2ccc[nH]2)cs1. The Morgan fingerprint density at radius 2 is 2.20 bits per heavy atom. The van der Waals surface area contributed by atoms with Crippen molar-refractivity contribution < 1.29 is 14.7 Å². The average molecular weight is 293 g/mol. The summed E-state index contributed by atoms with van der Waals surface area (Å²) in [6.45, 7) is 0. The minimum atomic E-state index is -1.33. The number of nitrogens with one attached hydrogen (secondary N) is 1. The van der Waals surface area contributed by atoms with Gasteiger partial charge < -0.3 is 21.6 Å². The molecule has 0 aliphatic carbocycles. The Labute approximate surface area is 117 Å². The summed E-state index contributed by atoms with van der Waals surface area (Å²) in [6, 6.07) is 3.14. The zero-order valence-electron chi connectivity index (χ0n) is 10.1. The highest BCUT2D eigenvalue weighted by molar-refractivity contribution is 7.13. The molecular formula is C11H11N5O3S. The van der Waals surface area contributed by atoms with Crippen LogP contribution in [0.1, 0.15) is 22.1 Å². The van der Waals surface area contributed by atoms with Crippen molar-refractivity contribution >= 4 is 34.2 Å². The molecule has 20 heavy (non-hydrogen) atoms. The van der Waals surface area contributed by atoms with Gasteiger partial charge in [0.1, 0.15) is 5.69 Å². The number of carboxylic acid groups (broad SMARTS) is 1. The number of H-pyrrole nitrogens is 1. The predicted octanol–water partition coefficient (Wildman–Crippen LogP) is 0.427. The smallest absolute Gasteiger partial charge is 0.320 e. The number of carbonyl (C=O) groups excluding carboxylic acids is 1. The zero-order chi connectivity index (χ0) is 14.7. The van der Waals surface area contributed by atoms with E-state index in [2.05, 4.69) is 15.0 Å². The van der Waals surface area contributed by atoms with Crippen LogP contribution in [0.15, 0.2) is 28.7 Å². The molecule has 9 heteroatoms. The number of aliphatic imine (C=N–C) groups is 1. The summed E-state index contributed by atoms with van der Waals surface area (Å²) in [5.41, 5.74) is 10.7. The topological polar surface area (TPSA) is 147 Å². The van der Waals surface area contributed by atoms with Crippen molar-refractivity contribution in [2.24, 2.45) is 16.5 Å². The molecule has 104 valence electrons. The van der Waals surface area contributed by atoms with E-state index in [0.29, 0.717) is 5.69 Å². The normalized spacial score (nSPS) is 11.8. The van der Waals surface area contributed by atoms with Crippen molar-refractivity contribution in [3.8, 4) is 0 Å². The van der Waals surface area contributed by atoms with E-state index >= 15 is 0 Å². The van der Waals surface area contributed by atoms with Crippen molar-refractivity contribution in [1.29, 1.82) is 0 Å². The van der Waals surface area contributed by atoms with Gasteiger partial charge >= 0.3 is 5.97 Å². The fourth-order valence-corrected chi connectivity index (χ4v) is 2.29. The maximum atomic E-state index is 12.2. The highest BCUT2D eigenvalue weighted by Gasteiger charge is 2.31. The number of rotatable bonds is 5. The molecule has 2 heterocycles. The van der Waals surface area contributed by atoms with Crippen molar-refractivity contribution in [1.82, 2.24) is 9.97 Å². The molecule has 2 aromatic rings. The van der Waals surface area contributed by atoms with Crippen LogP contribution in [0.3, 0.4) is 0 Å². The van der Waals surface area contributed by atoms with Gasteiger partial charge in [0.2, 0.25) is 10.9 Å². The molecule has 0 saturated carbocycles. The van der Waals surface area contributed by atoms with Crippen LogP contribution in [-0.2, 0) is 4.79 Å². The monoisotopic (exact) mass is 293 g/mol. The molecule has 1 unspecified atom stereocenters. The quantitative estimate of drug-likeness (QED) is 0.272. The molecule has 0 radical (unpaired) electrons. The van der Waals surface area contributed by atoms with E-state index in [4.69, 9.17) is 11.5 Å². The summed E-state index contributed by atoms with van der Waals surface area (Å²) in [5, 5.41) is 10.8. The minimum Gasteiger partial charge on any atom is -0.480 e. The lowest BCUT2D eigenvalue weighted by atomic mass is 9.99. The van der Waals surface area contributed by atoms with Crippen LogP contribution < -0.4 is 11.5 Å². The molecule has 2 rings (SSSR count). The molecule has 2 aromatic heterocycles. The van der Waals surface area contributed by atoms with Gasteiger partial charge in [-0.05, 0) is 12.1 Å². The maximum absolute atomic E-state index is 12.2. The van der Waals surface area contributed by atoms with Crippen LogP contribution in [0, 0.1) is 0 Å².